The fourth-order valence-corrected chi connectivity index (χ4v) is 2.70. The number of methoxy groups -OCH3 is 1. The average Bonchev–Trinajstić information content (AvgIpc) is 3.18. The lowest BCUT2D eigenvalue weighted by Gasteiger charge is -2.08. The first-order chi connectivity index (χ1) is 14.2. The number of benzene rings is 2. The largest absolute Gasteiger partial charge is 0.497 e. The number of amidine groups is 1. The Balaban J connectivity index is 1.83. The van der Waals surface area contributed by atoms with Gasteiger partial charge in [0.05, 0.1) is 18.4 Å². The van der Waals surface area contributed by atoms with E-state index >= 15 is 0 Å². The molecule has 10 heteroatoms. The Kier molecular flexibility index (Phi) is 5.77. The smallest absolute Gasteiger partial charge is 0.435 e. The number of amides is 1. The third kappa shape index (κ3) is 4.59. The Labute approximate surface area is 169 Å². The van der Waals surface area contributed by atoms with Gasteiger partial charge < -0.3 is 15.8 Å². The summed E-state index contributed by atoms with van der Waals surface area (Å²) in [4.78, 5) is 12.5. The Morgan fingerprint density at radius 2 is 1.80 bits per heavy atom. The fraction of sp³-hybridized carbons (Fsp3) is 0.150. The molecule has 1 amide bonds. The van der Waals surface area contributed by atoms with E-state index in [-0.39, 0.29) is 12.4 Å². The summed E-state index contributed by atoms with van der Waals surface area (Å²) in [7, 11) is 1.47. The maximum absolute atomic E-state index is 13.4. The number of rotatable bonds is 6. The van der Waals surface area contributed by atoms with Gasteiger partial charge in [-0.05, 0) is 29.8 Å². The van der Waals surface area contributed by atoms with Crippen LogP contribution in [0, 0.1) is 5.41 Å². The summed E-state index contributed by atoms with van der Waals surface area (Å²) in [6.45, 7) is 0.00201. The number of nitrogens with two attached hydrogens (primary N) is 1. The summed E-state index contributed by atoms with van der Waals surface area (Å²) in [5.41, 5.74) is 5.01. The van der Waals surface area contributed by atoms with Crippen molar-refractivity contribution in [2.24, 2.45) is 5.73 Å². The standard InChI is InChI=1S/C20H18F3N5O2/c1-30-15-8-6-14(7-9-15)28-11-16(17(27-28)20(21,22)23)19(29)26-10-12-2-4-13(5-3-12)18(24)25/h2-9,11H,10H2,1H3,(H3,24,25)(H,26,29). The molecule has 0 aliphatic rings. The molecule has 0 saturated heterocycles. The molecule has 0 bridgehead atoms. The van der Waals surface area contributed by atoms with Gasteiger partial charge in [0.1, 0.15) is 11.6 Å². The minimum Gasteiger partial charge on any atom is -0.497 e. The number of hydrogen-bond donors (Lipinski definition) is 3. The van der Waals surface area contributed by atoms with E-state index in [0.717, 1.165) is 10.9 Å². The number of hydrogen-bond acceptors (Lipinski definition) is 4. The predicted octanol–water partition coefficient (Wildman–Crippen LogP) is 3.11. The highest BCUT2D eigenvalue weighted by molar-refractivity contribution is 5.96. The third-order valence-corrected chi connectivity index (χ3v) is 4.28. The molecule has 0 fully saturated rings. The van der Waals surface area contributed by atoms with Crippen molar-refractivity contribution in [3.63, 3.8) is 0 Å². The van der Waals surface area contributed by atoms with Gasteiger partial charge in [-0.15, -0.1) is 0 Å². The van der Waals surface area contributed by atoms with Crippen molar-refractivity contribution in [1.29, 1.82) is 5.41 Å². The van der Waals surface area contributed by atoms with E-state index in [9.17, 15) is 18.0 Å². The number of nitrogens with one attached hydrogen (secondary N) is 2. The maximum atomic E-state index is 13.4. The quantitative estimate of drug-likeness (QED) is 0.423. The molecule has 7 nitrogen and oxygen atoms in total. The highest BCUT2D eigenvalue weighted by Gasteiger charge is 2.39. The van der Waals surface area contributed by atoms with E-state index in [1.165, 1.54) is 19.2 Å². The summed E-state index contributed by atoms with van der Waals surface area (Å²) < 4.78 is 46.3. The predicted molar refractivity (Wildman–Crippen MR) is 104 cm³/mol. The molecule has 0 unspecified atom stereocenters. The Bertz CT molecular complexity index is 1060. The van der Waals surface area contributed by atoms with Crippen LogP contribution >= 0.6 is 0 Å². The summed E-state index contributed by atoms with van der Waals surface area (Å²) in [5.74, 6) is -0.472. The Morgan fingerprint density at radius 1 is 1.17 bits per heavy atom. The topological polar surface area (TPSA) is 106 Å². The van der Waals surface area contributed by atoms with Gasteiger partial charge in [0.2, 0.25) is 0 Å². The SMILES string of the molecule is COc1ccc(-n2cc(C(=O)NCc3ccc(C(=N)N)cc3)c(C(F)(F)F)n2)cc1. The molecular weight excluding hydrogens is 399 g/mol. The van der Waals surface area contributed by atoms with Crippen molar-refractivity contribution in [1.82, 2.24) is 15.1 Å². The molecular formula is C20H18F3N5O2. The molecule has 0 aliphatic heterocycles. The van der Waals surface area contributed by atoms with Crippen LogP contribution in [0.3, 0.4) is 0 Å². The molecule has 3 aromatic rings. The van der Waals surface area contributed by atoms with Crippen LogP contribution in [0.1, 0.15) is 27.2 Å². The van der Waals surface area contributed by atoms with Gasteiger partial charge in [0, 0.05) is 18.3 Å². The molecule has 4 N–H and O–H groups in total. The van der Waals surface area contributed by atoms with Crippen LogP contribution in [-0.4, -0.2) is 28.6 Å². The van der Waals surface area contributed by atoms with Gasteiger partial charge in [-0.25, -0.2) is 4.68 Å². The van der Waals surface area contributed by atoms with Crippen LogP contribution in [0.25, 0.3) is 5.69 Å². The van der Waals surface area contributed by atoms with Crippen LogP contribution in [0.5, 0.6) is 5.75 Å². The van der Waals surface area contributed by atoms with Gasteiger partial charge >= 0.3 is 6.18 Å². The number of ether oxygens (including phenoxy) is 1. The van der Waals surface area contributed by atoms with E-state index in [0.29, 0.717) is 22.6 Å². The number of aromatic nitrogens is 2. The zero-order valence-electron chi connectivity index (χ0n) is 15.8. The first kappa shape index (κ1) is 20.9. The molecule has 0 saturated carbocycles. The van der Waals surface area contributed by atoms with Crippen LogP contribution in [-0.2, 0) is 12.7 Å². The van der Waals surface area contributed by atoms with E-state index in [4.69, 9.17) is 15.9 Å². The molecule has 0 radical (unpaired) electrons. The normalized spacial score (nSPS) is 11.2. The van der Waals surface area contributed by atoms with Gasteiger partial charge in [0.25, 0.3) is 5.91 Å². The van der Waals surface area contributed by atoms with Gasteiger partial charge in [-0.1, -0.05) is 24.3 Å². The van der Waals surface area contributed by atoms with E-state index in [1.807, 2.05) is 0 Å². The second kappa shape index (κ2) is 8.27. The maximum Gasteiger partial charge on any atom is 0.435 e. The lowest BCUT2D eigenvalue weighted by Crippen LogP contribution is -2.25. The number of carbonyl (C=O) groups is 1. The molecule has 1 aromatic heterocycles. The molecule has 1 heterocycles. The third-order valence-electron chi connectivity index (χ3n) is 4.28. The minimum absolute atomic E-state index is 0.00201. The highest BCUT2D eigenvalue weighted by atomic mass is 19.4. The number of nitrogen functional groups attached to an aromatic ring is 1. The molecule has 2 aromatic carbocycles. The molecule has 0 aliphatic carbocycles. The van der Waals surface area contributed by atoms with Gasteiger partial charge in [0.15, 0.2) is 5.69 Å². The summed E-state index contributed by atoms with van der Waals surface area (Å²) in [6, 6.07) is 12.7. The average molecular weight is 417 g/mol. The van der Waals surface area contributed by atoms with E-state index in [2.05, 4.69) is 10.4 Å². The summed E-state index contributed by atoms with van der Waals surface area (Å²) >= 11 is 0. The van der Waals surface area contributed by atoms with E-state index < -0.39 is 23.3 Å². The number of alkyl halides is 3. The monoisotopic (exact) mass is 417 g/mol. The first-order valence-electron chi connectivity index (χ1n) is 8.72. The van der Waals surface area contributed by atoms with Crippen LogP contribution in [0.2, 0.25) is 0 Å². The van der Waals surface area contributed by atoms with Gasteiger partial charge in [-0.3, -0.25) is 10.2 Å². The lowest BCUT2D eigenvalue weighted by atomic mass is 10.1. The molecule has 3 rings (SSSR count). The molecule has 0 spiro atoms. The number of carbonyl (C=O) groups excluding carboxylic acids is 1. The van der Waals surface area contributed by atoms with Crippen molar-refractivity contribution in [2.45, 2.75) is 12.7 Å². The lowest BCUT2D eigenvalue weighted by molar-refractivity contribution is -0.141. The first-order valence-corrected chi connectivity index (χ1v) is 8.72. The van der Waals surface area contributed by atoms with Crippen molar-refractivity contribution in [3.8, 4) is 11.4 Å². The van der Waals surface area contributed by atoms with Crippen LogP contribution in [0.15, 0.2) is 54.7 Å². The Morgan fingerprint density at radius 3 is 2.33 bits per heavy atom. The van der Waals surface area contributed by atoms with Gasteiger partial charge in [-0.2, -0.15) is 18.3 Å². The molecule has 0 atom stereocenters. The van der Waals surface area contributed by atoms with Crippen LogP contribution < -0.4 is 15.8 Å². The van der Waals surface area contributed by atoms with E-state index in [1.54, 1.807) is 36.4 Å². The summed E-state index contributed by atoms with van der Waals surface area (Å²) in [6.07, 6.45) is -3.76. The van der Waals surface area contributed by atoms with Crippen molar-refractivity contribution >= 4 is 11.7 Å². The van der Waals surface area contributed by atoms with Crippen molar-refractivity contribution < 1.29 is 22.7 Å². The van der Waals surface area contributed by atoms with Crippen molar-refractivity contribution in [2.75, 3.05) is 7.11 Å². The highest BCUT2D eigenvalue weighted by Crippen LogP contribution is 2.31. The van der Waals surface area contributed by atoms with Crippen LogP contribution in [0.4, 0.5) is 13.2 Å². The number of halogens is 3. The molecule has 30 heavy (non-hydrogen) atoms. The van der Waals surface area contributed by atoms with Crippen molar-refractivity contribution in [3.05, 3.63) is 77.1 Å². The fourth-order valence-electron chi connectivity index (χ4n) is 2.70. The minimum atomic E-state index is -4.80. The zero-order valence-corrected chi connectivity index (χ0v) is 15.8. The molecule has 156 valence electrons. The second-order valence-electron chi connectivity index (χ2n) is 6.33. The number of nitrogens with zero attached hydrogens (tertiary/aromatic N) is 2. The zero-order chi connectivity index (χ0) is 21.9. The summed E-state index contributed by atoms with van der Waals surface area (Å²) in [5, 5.41) is 13.4. The Hall–Kier alpha value is -3.82. The second-order valence-corrected chi connectivity index (χ2v) is 6.33.